The van der Waals surface area contributed by atoms with Crippen LogP contribution in [0.25, 0.3) is 0 Å². The lowest BCUT2D eigenvalue weighted by Gasteiger charge is -2.25. The molecule has 0 aliphatic carbocycles. The maximum atomic E-state index is 11.2. The first-order valence-electron chi connectivity index (χ1n) is 5.74. The maximum absolute atomic E-state index is 11.2. The molecule has 1 unspecified atom stereocenters. The van der Waals surface area contributed by atoms with E-state index in [0.29, 0.717) is 13.0 Å². The molecule has 0 saturated heterocycles. The number of benzene rings is 1. The molecule has 4 nitrogen and oxygen atoms in total. The molecule has 0 radical (unpaired) electrons. The fourth-order valence-electron chi connectivity index (χ4n) is 1.68. The van der Waals surface area contributed by atoms with Crippen molar-refractivity contribution in [3.63, 3.8) is 0 Å². The van der Waals surface area contributed by atoms with Gasteiger partial charge in [0.2, 0.25) is 0 Å². The number of aromatic hydroxyl groups is 1. The van der Waals surface area contributed by atoms with Crippen molar-refractivity contribution in [3.8, 4) is 5.75 Å². The summed E-state index contributed by atoms with van der Waals surface area (Å²) >= 11 is 0. The van der Waals surface area contributed by atoms with Gasteiger partial charge in [-0.25, -0.2) is 0 Å². The van der Waals surface area contributed by atoms with E-state index in [1.54, 1.807) is 31.2 Å². The number of carboxylic acids is 1. The predicted octanol–water partition coefficient (Wildman–Crippen LogP) is 2.13. The molecule has 0 spiro atoms. The number of hydrogen-bond donors (Lipinski definition) is 3. The molecule has 1 aromatic rings. The van der Waals surface area contributed by atoms with Gasteiger partial charge in [-0.05, 0) is 31.0 Å². The Morgan fingerprint density at radius 2 is 1.94 bits per heavy atom. The summed E-state index contributed by atoms with van der Waals surface area (Å²) < 4.78 is 0. The van der Waals surface area contributed by atoms with Crippen molar-refractivity contribution in [3.05, 3.63) is 29.8 Å². The Kier molecular flexibility index (Phi) is 4.52. The molecule has 0 saturated carbocycles. The molecule has 1 aromatic carbocycles. The van der Waals surface area contributed by atoms with Crippen LogP contribution in [0.3, 0.4) is 0 Å². The number of carboxylic acid groups (broad SMARTS) is 1. The molecular formula is C13H19NO3. The third-order valence-electron chi connectivity index (χ3n) is 2.84. The number of aliphatic carboxylic acids is 1. The number of hydrogen-bond acceptors (Lipinski definition) is 3. The predicted molar refractivity (Wildman–Crippen MR) is 65.9 cm³/mol. The summed E-state index contributed by atoms with van der Waals surface area (Å²) in [7, 11) is 0. The molecule has 0 aliphatic heterocycles. The van der Waals surface area contributed by atoms with Gasteiger partial charge >= 0.3 is 5.97 Å². The fraction of sp³-hybridized carbons (Fsp3) is 0.462. The minimum atomic E-state index is -0.896. The van der Waals surface area contributed by atoms with E-state index < -0.39 is 11.5 Å². The molecule has 94 valence electrons. The van der Waals surface area contributed by atoms with Crippen molar-refractivity contribution in [2.24, 2.45) is 0 Å². The standard InChI is InChI=1S/C13H19NO3/c1-3-8-13(2,12(16)17)14-9-10-4-6-11(15)7-5-10/h4-7,14-15H,3,8-9H2,1-2H3,(H,16,17). The Morgan fingerprint density at radius 1 is 1.35 bits per heavy atom. The van der Waals surface area contributed by atoms with E-state index in [-0.39, 0.29) is 5.75 Å². The third-order valence-corrected chi connectivity index (χ3v) is 2.84. The van der Waals surface area contributed by atoms with Crippen molar-refractivity contribution >= 4 is 5.97 Å². The lowest BCUT2D eigenvalue weighted by molar-refractivity contribution is -0.144. The van der Waals surface area contributed by atoms with Gasteiger partial charge in [0.25, 0.3) is 0 Å². The Bertz CT molecular complexity index is 375. The molecule has 0 aliphatic rings. The second-order valence-corrected chi connectivity index (χ2v) is 4.41. The average molecular weight is 237 g/mol. The zero-order chi connectivity index (χ0) is 12.9. The van der Waals surface area contributed by atoms with Crippen LogP contribution in [-0.2, 0) is 11.3 Å². The van der Waals surface area contributed by atoms with Crippen molar-refractivity contribution in [2.45, 2.75) is 38.8 Å². The quantitative estimate of drug-likeness (QED) is 0.709. The van der Waals surface area contributed by atoms with Crippen LogP contribution in [0.2, 0.25) is 0 Å². The number of phenolic OH excluding ortho intramolecular Hbond substituents is 1. The fourth-order valence-corrected chi connectivity index (χ4v) is 1.68. The highest BCUT2D eigenvalue weighted by molar-refractivity contribution is 5.78. The molecule has 0 heterocycles. The molecule has 0 amide bonds. The summed E-state index contributed by atoms with van der Waals surface area (Å²) in [6.45, 7) is 4.13. The summed E-state index contributed by atoms with van der Waals surface area (Å²) in [5, 5.41) is 21.4. The SMILES string of the molecule is CCCC(C)(NCc1ccc(O)cc1)C(=O)O. The Balaban J connectivity index is 2.64. The van der Waals surface area contributed by atoms with Crippen LogP contribution < -0.4 is 5.32 Å². The van der Waals surface area contributed by atoms with Gasteiger partial charge < -0.3 is 10.2 Å². The lowest BCUT2D eigenvalue weighted by atomic mass is 9.96. The minimum absolute atomic E-state index is 0.211. The normalized spacial score (nSPS) is 14.2. The number of carbonyl (C=O) groups is 1. The Labute approximate surface area is 101 Å². The van der Waals surface area contributed by atoms with Crippen LogP contribution in [0.1, 0.15) is 32.3 Å². The minimum Gasteiger partial charge on any atom is -0.508 e. The summed E-state index contributed by atoms with van der Waals surface area (Å²) in [4.78, 5) is 11.2. The second kappa shape index (κ2) is 5.68. The molecule has 4 heteroatoms. The van der Waals surface area contributed by atoms with E-state index in [9.17, 15) is 9.90 Å². The summed E-state index contributed by atoms with van der Waals surface area (Å²) in [5.74, 6) is -0.624. The third kappa shape index (κ3) is 3.75. The van der Waals surface area contributed by atoms with Gasteiger partial charge in [-0.15, -0.1) is 0 Å². The van der Waals surface area contributed by atoms with Crippen LogP contribution >= 0.6 is 0 Å². The average Bonchev–Trinajstić information content (AvgIpc) is 2.28. The molecule has 17 heavy (non-hydrogen) atoms. The van der Waals surface area contributed by atoms with E-state index in [2.05, 4.69) is 5.32 Å². The van der Waals surface area contributed by atoms with Crippen LogP contribution in [0, 0.1) is 0 Å². The van der Waals surface area contributed by atoms with Crippen LogP contribution in [0.5, 0.6) is 5.75 Å². The summed E-state index contributed by atoms with van der Waals surface area (Å²) in [6, 6.07) is 6.73. The zero-order valence-electron chi connectivity index (χ0n) is 10.2. The molecular weight excluding hydrogens is 218 g/mol. The number of nitrogens with one attached hydrogen (secondary N) is 1. The van der Waals surface area contributed by atoms with Crippen molar-refractivity contribution < 1.29 is 15.0 Å². The Morgan fingerprint density at radius 3 is 2.41 bits per heavy atom. The molecule has 0 fully saturated rings. The van der Waals surface area contributed by atoms with Crippen LogP contribution in [0.4, 0.5) is 0 Å². The second-order valence-electron chi connectivity index (χ2n) is 4.41. The van der Waals surface area contributed by atoms with E-state index in [0.717, 1.165) is 12.0 Å². The van der Waals surface area contributed by atoms with Crippen molar-refractivity contribution in [1.29, 1.82) is 0 Å². The van der Waals surface area contributed by atoms with Gasteiger partial charge in [0, 0.05) is 6.54 Å². The highest BCUT2D eigenvalue weighted by Crippen LogP contribution is 2.15. The molecule has 0 aromatic heterocycles. The van der Waals surface area contributed by atoms with Crippen molar-refractivity contribution in [1.82, 2.24) is 5.32 Å². The molecule has 1 rings (SSSR count). The van der Waals surface area contributed by atoms with E-state index in [1.165, 1.54) is 0 Å². The van der Waals surface area contributed by atoms with E-state index in [4.69, 9.17) is 5.11 Å². The lowest BCUT2D eigenvalue weighted by Crippen LogP contribution is -2.48. The zero-order valence-corrected chi connectivity index (χ0v) is 10.2. The first-order chi connectivity index (χ1) is 7.98. The highest BCUT2D eigenvalue weighted by Gasteiger charge is 2.31. The number of rotatable bonds is 6. The van der Waals surface area contributed by atoms with Gasteiger partial charge in [0.15, 0.2) is 0 Å². The summed E-state index contributed by atoms with van der Waals surface area (Å²) in [6.07, 6.45) is 1.39. The van der Waals surface area contributed by atoms with Crippen LogP contribution in [-0.4, -0.2) is 21.7 Å². The van der Waals surface area contributed by atoms with Crippen molar-refractivity contribution in [2.75, 3.05) is 0 Å². The van der Waals surface area contributed by atoms with E-state index in [1.807, 2.05) is 6.92 Å². The smallest absolute Gasteiger partial charge is 0.323 e. The Hall–Kier alpha value is -1.55. The maximum Gasteiger partial charge on any atom is 0.323 e. The van der Waals surface area contributed by atoms with Gasteiger partial charge in [-0.3, -0.25) is 10.1 Å². The first kappa shape index (κ1) is 13.5. The molecule has 0 bridgehead atoms. The first-order valence-corrected chi connectivity index (χ1v) is 5.74. The summed E-state index contributed by atoms with van der Waals surface area (Å²) in [5.41, 5.74) is 0.0542. The monoisotopic (exact) mass is 237 g/mol. The van der Waals surface area contributed by atoms with Gasteiger partial charge in [-0.1, -0.05) is 25.5 Å². The van der Waals surface area contributed by atoms with Gasteiger partial charge in [0.05, 0.1) is 0 Å². The van der Waals surface area contributed by atoms with Gasteiger partial charge in [0.1, 0.15) is 11.3 Å². The topological polar surface area (TPSA) is 69.6 Å². The largest absolute Gasteiger partial charge is 0.508 e. The highest BCUT2D eigenvalue weighted by atomic mass is 16.4. The van der Waals surface area contributed by atoms with Gasteiger partial charge in [-0.2, -0.15) is 0 Å². The molecule has 1 atom stereocenters. The molecule has 3 N–H and O–H groups in total. The number of phenols is 1. The van der Waals surface area contributed by atoms with Crippen LogP contribution in [0.15, 0.2) is 24.3 Å². The van der Waals surface area contributed by atoms with E-state index >= 15 is 0 Å².